The van der Waals surface area contributed by atoms with Gasteiger partial charge < -0.3 is 0 Å². The Hall–Kier alpha value is -1.71. The quantitative estimate of drug-likeness (QED) is 0.518. The fourth-order valence-corrected chi connectivity index (χ4v) is 2.96. The number of hydrogen-bond donors (Lipinski definition) is 0. The van der Waals surface area contributed by atoms with Gasteiger partial charge in [0.25, 0.3) is 0 Å². The second-order valence-electron chi connectivity index (χ2n) is 3.84. The molecule has 3 rings (SSSR count). The van der Waals surface area contributed by atoms with Crippen LogP contribution in [0.15, 0.2) is 48.0 Å². The van der Waals surface area contributed by atoms with E-state index in [4.69, 9.17) is 11.6 Å². The van der Waals surface area contributed by atoms with E-state index in [1.165, 1.54) is 0 Å². The van der Waals surface area contributed by atoms with E-state index >= 15 is 0 Å². The number of hydrogen-bond acceptors (Lipinski definition) is 3. The number of fused-ring (bicyclic) bond motifs is 1. The van der Waals surface area contributed by atoms with Crippen molar-refractivity contribution in [2.75, 3.05) is 0 Å². The predicted octanol–water partition coefficient (Wildman–Crippen LogP) is 4.18. The van der Waals surface area contributed by atoms with Crippen molar-refractivity contribution in [2.24, 2.45) is 0 Å². The van der Waals surface area contributed by atoms with Gasteiger partial charge in [0.15, 0.2) is 5.78 Å². The van der Waals surface area contributed by atoms with Gasteiger partial charge in [0.05, 0.1) is 0 Å². The molecule has 0 aliphatic carbocycles. The summed E-state index contributed by atoms with van der Waals surface area (Å²) in [6.45, 7) is 0. The topological polar surface area (TPSA) is 30.0 Å². The van der Waals surface area contributed by atoms with E-state index in [-0.39, 0.29) is 5.78 Å². The molecule has 0 saturated carbocycles. The Morgan fingerprint density at radius 3 is 2.94 bits per heavy atom. The molecule has 1 aromatic carbocycles. The Kier molecular flexibility index (Phi) is 2.86. The maximum atomic E-state index is 12.4. The van der Waals surface area contributed by atoms with E-state index < -0.39 is 0 Å². The van der Waals surface area contributed by atoms with Crippen LogP contribution in [0.3, 0.4) is 0 Å². The molecular formula is C14H8ClNOS. The van der Waals surface area contributed by atoms with Gasteiger partial charge in [-0.05, 0) is 35.0 Å². The minimum atomic E-state index is -0.0210. The summed E-state index contributed by atoms with van der Waals surface area (Å²) in [6.07, 6.45) is 1.55. The third-order valence-corrected chi connectivity index (χ3v) is 3.88. The minimum absolute atomic E-state index is 0.0210. The lowest BCUT2D eigenvalue weighted by atomic mass is 10.0. The highest BCUT2D eigenvalue weighted by atomic mass is 35.5. The van der Waals surface area contributed by atoms with Gasteiger partial charge in [-0.3, -0.25) is 4.79 Å². The molecule has 0 N–H and O–H groups in total. The number of carbonyl (C=O) groups is 1. The summed E-state index contributed by atoms with van der Waals surface area (Å²) in [7, 11) is 0. The third-order valence-electron chi connectivity index (χ3n) is 2.71. The first-order valence-electron chi connectivity index (χ1n) is 5.38. The molecule has 0 aliphatic heterocycles. The van der Waals surface area contributed by atoms with Crippen molar-refractivity contribution >= 4 is 38.8 Å². The Morgan fingerprint density at radius 1 is 1.22 bits per heavy atom. The molecule has 0 aliphatic rings. The van der Waals surface area contributed by atoms with E-state index in [2.05, 4.69) is 4.98 Å². The summed E-state index contributed by atoms with van der Waals surface area (Å²) in [5.74, 6) is -0.0210. The van der Waals surface area contributed by atoms with Crippen LogP contribution in [0.1, 0.15) is 15.9 Å². The van der Waals surface area contributed by atoms with Crippen molar-refractivity contribution < 1.29 is 4.79 Å². The van der Waals surface area contributed by atoms with Crippen LogP contribution in [-0.2, 0) is 0 Å². The van der Waals surface area contributed by atoms with Gasteiger partial charge in [-0.2, -0.15) is 0 Å². The average Bonchev–Trinajstić information content (AvgIpc) is 2.86. The van der Waals surface area contributed by atoms with E-state index in [0.29, 0.717) is 16.3 Å². The molecule has 4 heteroatoms. The van der Waals surface area contributed by atoms with E-state index in [1.807, 2.05) is 29.6 Å². The molecule has 0 saturated heterocycles. The average molecular weight is 274 g/mol. The monoisotopic (exact) mass is 273 g/mol. The molecule has 2 aromatic heterocycles. The first-order valence-corrected chi connectivity index (χ1v) is 6.64. The second-order valence-corrected chi connectivity index (χ2v) is 5.14. The Labute approximate surface area is 113 Å². The number of halogens is 1. The van der Waals surface area contributed by atoms with Crippen LogP contribution in [0.2, 0.25) is 5.15 Å². The summed E-state index contributed by atoms with van der Waals surface area (Å²) in [5, 5.41) is 3.41. The van der Waals surface area contributed by atoms with Crippen LogP contribution < -0.4 is 0 Å². The molecule has 0 fully saturated rings. The summed E-state index contributed by atoms with van der Waals surface area (Å²) in [4.78, 5) is 16.3. The molecule has 0 unspecified atom stereocenters. The van der Waals surface area contributed by atoms with Gasteiger partial charge in [0, 0.05) is 22.0 Å². The predicted molar refractivity (Wildman–Crippen MR) is 74.5 cm³/mol. The molecule has 3 aromatic rings. The summed E-state index contributed by atoms with van der Waals surface area (Å²) in [6, 6.07) is 11.0. The Morgan fingerprint density at radius 2 is 2.11 bits per heavy atom. The van der Waals surface area contributed by atoms with Gasteiger partial charge in [0.1, 0.15) is 5.15 Å². The summed E-state index contributed by atoms with van der Waals surface area (Å²) in [5.41, 5.74) is 1.28. The molecular weight excluding hydrogens is 266 g/mol. The van der Waals surface area contributed by atoms with Crippen LogP contribution in [0.25, 0.3) is 10.1 Å². The fourth-order valence-electron chi connectivity index (χ4n) is 1.87. The molecule has 0 amide bonds. The van der Waals surface area contributed by atoms with Gasteiger partial charge in [-0.25, -0.2) is 4.98 Å². The lowest BCUT2D eigenvalue weighted by Crippen LogP contribution is -2.01. The standard InChI is InChI=1S/C14H8ClNOS/c15-12-8-10(4-6-16-12)13(17)11-3-1-2-9-5-7-18-14(9)11/h1-8H. The van der Waals surface area contributed by atoms with Crippen molar-refractivity contribution in [3.05, 3.63) is 64.3 Å². The normalized spacial score (nSPS) is 10.7. The Balaban J connectivity index is 2.15. The number of carbonyl (C=O) groups excluding carboxylic acids is 1. The summed E-state index contributed by atoms with van der Waals surface area (Å²) < 4.78 is 1.01. The molecule has 0 radical (unpaired) electrons. The van der Waals surface area contributed by atoms with Crippen LogP contribution in [0.5, 0.6) is 0 Å². The lowest BCUT2D eigenvalue weighted by molar-refractivity contribution is 0.104. The van der Waals surface area contributed by atoms with Crippen molar-refractivity contribution in [3.8, 4) is 0 Å². The third kappa shape index (κ3) is 1.92. The number of rotatable bonds is 2. The first-order chi connectivity index (χ1) is 8.75. The van der Waals surface area contributed by atoms with E-state index in [1.54, 1.807) is 29.7 Å². The maximum Gasteiger partial charge on any atom is 0.194 e. The number of aromatic nitrogens is 1. The zero-order valence-corrected chi connectivity index (χ0v) is 10.8. The van der Waals surface area contributed by atoms with Crippen LogP contribution in [-0.4, -0.2) is 10.8 Å². The molecule has 88 valence electrons. The molecule has 0 atom stereocenters. The molecule has 0 spiro atoms. The van der Waals surface area contributed by atoms with E-state index in [9.17, 15) is 4.79 Å². The van der Waals surface area contributed by atoms with Gasteiger partial charge in [-0.15, -0.1) is 11.3 Å². The molecule has 2 heterocycles. The number of thiophene rings is 1. The van der Waals surface area contributed by atoms with Crippen molar-refractivity contribution in [3.63, 3.8) is 0 Å². The van der Waals surface area contributed by atoms with Gasteiger partial charge >= 0.3 is 0 Å². The highest BCUT2D eigenvalue weighted by Gasteiger charge is 2.13. The molecule has 0 bridgehead atoms. The molecule has 18 heavy (non-hydrogen) atoms. The lowest BCUT2D eigenvalue weighted by Gasteiger charge is -2.02. The maximum absolute atomic E-state index is 12.4. The number of pyridine rings is 1. The highest BCUT2D eigenvalue weighted by Crippen LogP contribution is 2.26. The SMILES string of the molecule is O=C(c1ccnc(Cl)c1)c1cccc2ccsc12. The fraction of sp³-hybridized carbons (Fsp3) is 0. The van der Waals surface area contributed by atoms with Crippen molar-refractivity contribution in [1.29, 1.82) is 0 Å². The number of nitrogens with zero attached hydrogens (tertiary/aromatic N) is 1. The highest BCUT2D eigenvalue weighted by molar-refractivity contribution is 7.17. The van der Waals surface area contributed by atoms with Gasteiger partial charge in [0.2, 0.25) is 0 Å². The smallest absolute Gasteiger partial charge is 0.194 e. The Bertz CT molecular complexity index is 735. The van der Waals surface area contributed by atoms with Crippen LogP contribution in [0, 0.1) is 0 Å². The van der Waals surface area contributed by atoms with Gasteiger partial charge in [-0.1, -0.05) is 23.7 Å². The summed E-state index contributed by atoms with van der Waals surface area (Å²) >= 11 is 7.38. The zero-order chi connectivity index (χ0) is 12.5. The van der Waals surface area contributed by atoms with E-state index in [0.717, 1.165) is 10.1 Å². The molecule has 2 nitrogen and oxygen atoms in total. The number of ketones is 1. The van der Waals surface area contributed by atoms with Crippen molar-refractivity contribution in [2.45, 2.75) is 0 Å². The second kappa shape index (κ2) is 4.52. The van der Waals surface area contributed by atoms with Crippen LogP contribution in [0.4, 0.5) is 0 Å². The largest absolute Gasteiger partial charge is 0.289 e. The zero-order valence-electron chi connectivity index (χ0n) is 9.26. The number of benzene rings is 1. The first kappa shape index (κ1) is 11.4. The van der Waals surface area contributed by atoms with Crippen molar-refractivity contribution in [1.82, 2.24) is 4.98 Å². The minimum Gasteiger partial charge on any atom is -0.289 e. The van der Waals surface area contributed by atoms with Crippen LogP contribution >= 0.6 is 22.9 Å².